The van der Waals surface area contributed by atoms with E-state index in [0.29, 0.717) is 12.8 Å². The van der Waals surface area contributed by atoms with Crippen LogP contribution in [-0.2, 0) is 11.2 Å². The Morgan fingerprint density at radius 3 is 2.60 bits per heavy atom. The Labute approximate surface area is 97.5 Å². The number of carbonyl (C=O) groups excluding carboxylic acids is 1. The summed E-state index contributed by atoms with van der Waals surface area (Å²) in [6.45, 7) is 0. The van der Waals surface area contributed by atoms with E-state index in [1.165, 1.54) is 0 Å². The summed E-state index contributed by atoms with van der Waals surface area (Å²) in [6, 6.07) is 3.76. The van der Waals surface area contributed by atoms with E-state index in [9.17, 15) is 4.79 Å². The smallest absolute Gasteiger partial charge is 0.140 e. The minimum absolute atomic E-state index is 0.495. The monoisotopic (exact) mass is 272 g/mol. The molecule has 15 heavy (non-hydrogen) atoms. The Hall–Kier alpha value is -1.03. The summed E-state index contributed by atoms with van der Waals surface area (Å²) in [5.41, 5.74) is 0.997. The van der Waals surface area contributed by atoms with Crippen molar-refractivity contribution in [2.24, 2.45) is 0 Å². The first kappa shape index (κ1) is 12.0. The molecule has 0 aliphatic heterocycles. The van der Waals surface area contributed by atoms with E-state index >= 15 is 0 Å². The Morgan fingerprint density at radius 1 is 1.33 bits per heavy atom. The maximum Gasteiger partial charge on any atom is 0.140 e. The number of aldehydes is 1. The van der Waals surface area contributed by atoms with Gasteiger partial charge in [0.2, 0.25) is 0 Å². The number of benzene rings is 1. The molecule has 0 fully saturated rings. The molecule has 0 radical (unpaired) electrons. The van der Waals surface area contributed by atoms with E-state index in [-0.39, 0.29) is 0 Å². The number of hydrogen-bond acceptors (Lipinski definition) is 3. The van der Waals surface area contributed by atoms with Crippen molar-refractivity contribution >= 4 is 22.2 Å². The second kappa shape index (κ2) is 5.75. The van der Waals surface area contributed by atoms with Gasteiger partial charge in [-0.05, 0) is 34.0 Å². The maximum absolute atomic E-state index is 10.3. The van der Waals surface area contributed by atoms with Crippen molar-refractivity contribution in [2.75, 3.05) is 14.2 Å². The minimum atomic E-state index is 0.495. The van der Waals surface area contributed by atoms with Gasteiger partial charge in [-0.1, -0.05) is 6.07 Å². The molecule has 0 heterocycles. The van der Waals surface area contributed by atoms with Crippen LogP contribution in [0.3, 0.4) is 0 Å². The van der Waals surface area contributed by atoms with Crippen molar-refractivity contribution in [3.05, 3.63) is 22.2 Å². The highest BCUT2D eigenvalue weighted by atomic mass is 79.9. The number of halogens is 1. The van der Waals surface area contributed by atoms with Crippen LogP contribution in [0.15, 0.2) is 16.6 Å². The van der Waals surface area contributed by atoms with E-state index in [1.54, 1.807) is 14.2 Å². The van der Waals surface area contributed by atoms with Crippen LogP contribution in [0.25, 0.3) is 0 Å². The van der Waals surface area contributed by atoms with Gasteiger partial charge in [0.05, 0.1) is 14.2 Å². The SMILES string of the molecule is COc1ccc(CCC=O)c(OC)c1Br. The minimum Gasteiger partial charge on any atom is -0.495 e. The molecule has 0 aliphatic rings. The third kappa shape index (κ3) is 2.72. The van der Waals surface area contributed by atoms with Crippen LogP contribution in [-0.4, -0.2) is 20.5 Å². The van der Waals surface area contributed by atoms with Crippen molar-refractivity contribution in [3.8, 4) is 11.5 Å². The Balaban J connectivity index is 3.06. The lowest BCUT2D eigenvalue weighted by molar-refractivity contribution is -0.107. The molecule has 0 spiro atoms. The zero-order valence-electron chi connectivity index (χ0n) is 8.75. The zero-order valence-corrected chi connectivity index (χ0v) is 10.3. The topological polar surface area (TPSA) is 35.5 Å². The molecule has 0 saturated heterocycles. The molecule has 0 aliphatic carbocycles. The standard InChI is InChI=1S/C11H13BrO3/c1-14-9-6-5-8(4-3-7-13)11(15-2)10(9)12/h5-7H,3-4H2,1-2H3. The van der Waals surface area contributed by atoms with E-state index in [4.69, 9.17) is 9.47 Å². The highest BCUT2D eigenvalue weighted by molar-refractivity contribution is 9.10. The summed E-state index contributed by atoms with van der Waals surface area (Å²) in [7, 11) is 3.20. The molecule has 0 atom stereocenters. The van der Waals surface area contributed by atoms with Gasteiger partial charge in [-0.25, -0.2) is 0 Å². The molecular weight excluding hydrogens is 260 g/mol. The summed E-state index contributed by atoms with van der Waals surface area (Å²) < 4.78 is 11.2. The molecule has 82 valence electrons. The zero-order chi connectivity index (χ0) is 11.3. The maximum atomic E-state index is 10.3. The number of carbonyl (C=O) groups is 1. The summed E-state index contributed by atoms with van der Waals surface area (Å²) in [5.74, 6) is 1.46. The fraction of sp³-hybridized carbons (Fsp3) is 0.364. The van der Waals surface area contributed by atoms with Crippen molar-refractivity contribution < 1.29 is 14.3 Å². The quantitative estimate of drug-likeness (QED) is 0.773. The summed E-state index contributed by atoms with van der Waals surface area (Å²) in [5, 5.41) is 0. The molecule has 0 saturated carbocycles. The number of methoxy groups -OCH3 is 2. The van der Waals surface area contributed by atoms with Crippen LogP contribution in [0.2, 0.25) is 0 Å². The van der Waals surface area contributed by atoms with Gasteiger partial charge in [0, 0.05) is 6.42 Å². The second-order valence-electron chi connectivity index (χ2n) is 2.98. The lowest BCUT2D eigenvalue weighted by atomic mass is 10.1. The van der Waals surface area contributed by atoms with Gasteiger partial charge >= 0.3 is 0 Å². The first-order valence-corrected chi connectivity index (χ1v) is 5.36. The number of ether oxygens (including phenoxy) is 2. The van der Waals surface area contributed by atoms with Gasteiger partial charge in [-0.15, -0.1) is 0 Å². The van der Waals surface area contributed by atoms with E-state index in [2.05, 4.69) is 15.9 Å². The lowest BCUT2D eigenvalue weighted by Crippen LogP contribution is -1.96. The molecule has 0 aromatic heterocycles. The predicted octanol–water partition coefficient (Wildman–Crippen LogP) is 2.60. The van der Waals surface area contributed by atoms with Crippen molar-refractivity contribution in [3.63, 3.8) is 0 Å². The first-order valence-electron chi connectivity index (χ1n) is 4.57. The molecule has 0 unspecified atom stereocenters. The summed E-state index contributed by atoms with van der Waals surface area (Å²) in [6.07, 6.45) is 2.07. The van der Waals surface area contributed by atoms with Crippen LogP contribution in [0.1, 0.15) is 12.0 Å². The predicted molar refractivity (Wildman–Crippen MR) is 61.6 cm³/mol. The van der Waals surface area contributed by atoms with Gasteiger partial charge in [0.15, 0.2) is 0 Å². The molecule has 3 nitrogen and oxygen atoms in total. The number of hydrogen-bond donors (Lipinski definition) is 0. The Kier molecular flexibility index (Phi) is 4.62. The normalized spacial score (nSPS) is 9.80. The fourth-order valence-electron chi connectivity index (χ4n) is 1.37. The van der Waals surface area contributed by atoms with Crippen molar-refractivity contribution in [1.82, 2.24) is 0 Å². The van der Waals surface area contributed by atoms with Crippen LogP contribution >= 0.6 is 15.9 Å². The highest BCUT2D eigenvalue weighted by Gasteiger charge is 2.11. The fourth-order valence-corrected chi connectivity index (χ4v) is 2.08. The summed E-state index contributed by atoms with van der Waals surface area (Å²) >= 11 is 3.41. The van der Waals surface area contributed by atoms with Gasteiger partial charge < -0.3 is 14.3 Å². The van der Waals surface area contributed by atoms with Crippen LogP contribution in [0.5, 0.6) is 11.5 Å². The number of rotatable bonds is 5. The Morgan fingerprint density at radius 2 is 2.07 bits per heavy atom. The van der Waals surface area contributed by atoms with Crippen molar-refractivity contribution in [2.45, 2.75) is 12.8 Å². The summed E-state index contributed by atoms with van der Waals surface area (Å²) in [4.78, 5) is 10.3. The van der Waals surface area contributed by atoms with Crippen LogP contribution in [0.4, 0.5) is 0 Å². The third-order valence-electron chi connectivity index (χ3n) is 2.10. The number of aryl methyl sites for hydroxylation is 1. The molecule has 1 aromatic carbocycles. The average molecular weight is 273 g/mol. The van der Waals surface area contributed by atoms with Crippen molar-refractivity contribution in [1.29, 1.82) is 0 Å². The average Bonchev–Trinajstić information content (AvgIpc) is 2.26. The van der Waals surface area contributed by atoms with E-state index in [1.807, 2.05) is 12.1 Å². The Bertz CT molecular complexity index is 350. The van der Waals surface area contributed by atoms with Gasteiger partial charge in [0.1, 0.15) is 22.3 Å². The van der Waals surface area contributed by atoms with Gasteiger partial charge in [-0.2, -0.15) is 0 Å². The first-order chi connectivity index (χ1) is 7.24. The largest absolute Gasteiger partial charge is 0.495 e. The molecule has 0 N–H and O–H groups in total. The van der Waals surface area contributed by atoms with E-state index < -0.39 is 0 Å². The van der Waals surface area contributed by atoms with Crippen LogP contribution in [0, 0.1) is 0 Å². The van der Waals surface area contributed by atoms with E-state index in [0.717, 1.165) is 27.8 Å². The van der Waals surface area contributed by atoms with Gasteiger partial charge in [0.25, 0.3) is 0 Å². The molecule has 0 bridgehead atoms. The second-order valence-corrected chi connectivity index (χ2v) is 3.77. The molecule has 0 amide bonds. The molecule has 1 aromatic rings. The third-order valence-corrected chi connectivity index (χ3v) is 2.85. The van der Waals surface area contributed by atoms with Gasteiger partial charge in [-0.3, -0.25) is 0 Å². The molecule has 1 rings (SSSR count). The molecular formula is C11H13BrO3. The highest BCUT2D eigenvalue weighted by Crippen LogP contribution is 2.37. The lowest BCUT2D eigenvalue weighted by Gasteiger charge is -2.12. The van der Waals surface area contributed by atoms with Crippen LogP contribution < -0.4 is 9.47 Å². The molecule has 4 heteroatoms.